The second-order valence-corrected chi connectivity index (χ2v) is 2.99. The van der Waals surface area contributed by atoms with Crippen LogP contribution in [-0.2, 0) is 6.18 Å². The van der Waals surface area contributed by atoms with Crippen LogP contribution in [0.15, 0.2) is 18.2 Å². The first-order chi connectivity index (χ1) is 6.32. The lowest BCUT2D eigenvalue weighted by atomic mass is 10.1. The van der Waals surface area contributed by atoms with Crippen molar-refractivity contribution in [2.75, 3.05) is 0 Å². The van der Waals surface area contributed by atoms with Crippen LogP contribution in [0.25, 0.3) is 0 Å². The predicted molar refractivity (Wildman–Crippen MR) is 42.2 cm³/mol. The largest absolute Gasteiger partial charge is 0.419 e. The van der Waals surface area contributed by atoms with Crippen molar-refractivity contribution in [3.8, 4) is 0 Å². The van der Waals surface area contributed by atoms with Crippen LogP contribution in [0.1, 0.15) is 16.7 Å². The van der Waals surface area contributed by atoms with E-state index in [1.807, 2.05) is 0 Å². The van der Waals surface area contributed by atoms with Crippen molar-refractivity contribution in [2.45, 2.75) is 11.7 Å². The fourth-order valence-electron chi connectivity index (χ4n) is 0.908. The highest BCUT2D eigenvalue weighted by atomic mass is 35.5. The summed E-state index contributed by atoms with van der Waals surface area (Å²) in [7, 11) is 0. The molecule has 0 radical (unpaired) electrons. The molecule has 0 aliphatic carbocycles. The molecule has 78 valence electrons. The number of benzene rings is 1. The van der Waals surface area contributed by atoms with Gasteiger partial charge in [0.05, 0.1) is 5.56 Å². The quantitative estimate of drug-likeness (QED) is 0.579. The van der Waals surface area contributed by atoms with Gasteiger partial charge in [-0.1, -0.05) is 17.7 Å². The van der Waals surface area contributed by atoms with Gasteiger partial charge in [0.15, 0.2) is 5.56 Å². The number of alkyl halides is 4. The Morgan fingerprint density at radius 3 is 2.29 bits per heavy atom. The SMILES string of the molecule is OC(Cl)c1ccc(F)c(C(F)(F)F)c1. The number of rotatable bonds is 1. The molecular weight excluding hydrogens is 224 g/mol. The Bertz CT molecular complexity index is 335. The van der Waals surface area contributed by atoms with Crippen molar-refractivity contribution < 1.29 is 22.7 Å². The lowest BCUT2D eigenvalue weighted by molar-refractivity contribution is -0.140. The van der Waals surface area contributed by atoms with Crippen LogP contribution >= 0.6 is 11.6 Å². The second kappa shape index (κ2) is 3.74. The molecule has 0 heterocycles. The van der Waals surface area contributed by atoms with Gasteiger partial charge < -0.3 is 5.11 Å². The van der Waals surface area contributed by atoms with Crippen molar-refractivity contribution >= 4 is 11.6 Å². The van der Waals surface area contributed by atoms with Gasteiger partial charge in [-0.2, -0.15) is 13.2 Å². The van der Waals surface area contributed by atoms with E-state index >= 15 is 0 Å². The monoisotopic (exact) mass is 228 g/mol. The van der Waals surface area contributed by atoms with Gasteiger partial charge in [0.1, 0.15) is 5.82 Å². The zero-order chi connectivity index (χ0) is 10.9. The van der Waals surface area contributed by atoms with E-state index in [0.29, 0.717) is 12.1 Å². The fraction of sp³-hybridized carbons (Fsp3) is 0.250. The molecule has 1 aromatic carbocycles. The summed E-state index contributed by atoms with van der Waals surface area (Å²) in [5.41, 5.74) is -3.20. The molecule has 0 fully saturated rings. The topological polar surface area (TPSA) is 20.2 Å². The minimum absolute atomic E-state index is 0.194. The molecule has 0 bridgehead atoms. The summed E-state index contributed by atoms with van der Waals surface area (Å²) in [6.45, 7) is 0. The molecule has 0 saturated heterocycles. The molecule has 1 N–H and O–H groups in total. The summed E-state index contributed by atoms with van der Waals surface area (Å²) in [6.07, 6.45) is -4.79. The third-order valence-electron chi connectivity index (χ3n) is 1.57. The summed E-state index contributed by atoms with van der Waals surface area (Å²) < 4.78 is 49.1. The zero-order valence-corrected chi connectivity index (χ0v) is 7.40. The Morgan fingerprint density at radius 2 is 1.86 bits per heavy atom. The summed E-state index contributed by atoms with van der Waals surface area (Å²) in [4.78, 5) is 0. The minimum atomic E-state index is -4.79. The van der Waals surface area contributed by atoms with Crippen LogP contribution in [0.5, 0.6) is 0 Å². The Balaban J connectivity index is 3.22. The van der Waals surface area contributed by atoms with Crippen LogP contribution in [0.2, 0.25) is 0 Å². The molecule has 1 atom stereocenters. The van der Waals surface area contributed by atoms with E-state index in [1.165, 1.54) is 0 Å². The molecule has 0 spiro atoms. The number of aliphatic hydroxyl groups excluding tert-OH is 1. The number of hydrogen-bond acceptors (Lipinski definition) is 1. The van der Waals surface area contributed by atoms with Gasteiger partial charge in [-0.15, -0.1) is 0 Å². The van der Waals surface area contributed by atoms with Crippen molar-refractivity contribution in [3.63, 3.8) is 0 Å². The van der Waals surface area contributed by atoms with Crippen LogP contribution < -0.4 is 0 Å². The smallest absolute Gasteiger partial charge is 0.373 e. The highest BCUT2D eigenvalue weighted by Crippen LogP contribution is 2.33. The Labute approximate surface area is 81.9 Å². The first-order valence-electron chi connectivity index (χ1n) is 3.51. The maximum absolute atomic E-state index is 12.7. The maximum atomic E-state index is 12.7. The molecule has 1 unspecified atom stereocenters. The van der Waals surface area contributed by atoms with Crippen molar-refractivity contribution in [2.24, 2.45) is 0 Å². The number of halogens is 5. The average Bonchev–Trinajstić information content (AvgIpc) is 2.02. The van der Waals surface area contributed by atoms with Crippen molar-refractivity contribution in [3.05, 3.63) is 35.1 Å². The van der Waals surface area contributed by atoms with E-state index in [-0.39, 0.29) is 5.56 Å². The maximum Gasteiger partial charge on any atom is 0.419 e. The van der Waals surface area contributed by atoms with E-state index in [1.54, 1.807) is 0 Å². The fourth-order valence-corrected chi connectivity index (χ4v) is 1.04. The first kappa shape index (κ1) is 11.3. The Hall–Kier alpha value is -0.810. The minimum Gasteiger partial charge on any atom is -0.373 e. The van der Waals surface area contributed by atoms with Gasteiger partial charge in [0.25, 0.3) is 0 Å². The highest BCUT2D eigenvalue weighted by Gasteiger charge is 2.34. The molecular formula is C8H5ClF4O. The van der Waals surface area contributed by atoms with Gasteiger partial charge >= 0.3 is 6.18 Å². The lowest BCUT2D eigenvalue weighted by Crippen LogP contribution is -2.09. The molecule has 1 aromatic rings. The third kappa shape index (κ3) is 2.36. The molecule has 0 saturated carbocycles. The summed E-state index contributed by atoms with van der Waals surface area (Å²) in [5, 5.41) is 8.78. The Kier molecular flexibility index (Phi) is 3.01. The van der Waals surface area contributed by atoms with E-state index in [0.717, 1.165) is 6.07 Å². The van der Waals surface area contributed by atoms with E-state index < -0.39 is 23.1 Å². The van der Waals surface area contributed by atoms with Gasteiger partial charge in [0, 0.05) is 0 Å². The van der Waals surface area contributed by atoms with Gasteiger partial charge in [-0.05, 0) is 17.7 Å². The standard InChI is InChI=1S/C8H5ClF4O/c9-7(14)4-1-2-6(10)5(3-4)8(11,12)13/h1-3,7,14H. The average molecular weight is 229 g/mol. The van der Waals surface area contributed by atoms with Crippen LogP contribution in [0, 0.1) is 5.82 Å². The molecule has 1 rings (SSSR count). The molecule has 0 amide bonds. The van der Waals surface area contributed by atoms with Crippen molar-refractivity contribution in [1.29, 1.82) is 0 Å². The molecule has 1 nitrogen and oxygen atoms in total. The molecule has 0 aromatic heterocycles. The van der Waals surface area contributed by atoms with Crippen LogP contribution in [0.3, 0.4) is 0 Å². The third-order valence-corrected chi connectivity index (χ3v) is 1.82. The first-order valence-corrected chi connectivity index (χ1v) is 3.95. The predicted octanol–water partition coefficient (Wildman–Crippen LogP) is 3.07. The molecule has 14 heavy (non-hydrogen) atoms. The van der Waals surface area contributed by atoms with Gasteiger partial charge in [-0.25, -0.2) is 4.39 Å². The van der Waals surface area contributed by atoms with Crippen LogP contribution in [-0.4, -0.2) is 5.11 Å². The summed E-state index contributed by atoms with van der Waals surface area (Å²) in [5.74, 6) is -1.39. The second-order valence-electron chi connectivity index (χ2n) is 2.57. The number of aliphatic hydroxyl groups is 1. The molecule has 0 aliphatic heterocycles. The van der Waals surface area contributed by atoms with Crippen molar-refractivity contribution in [1.82, 2.24) is 0 Å². The molecule has 0 aliphatic rings. The highest BCUT2D eigenvalue weighted by molar-refractivity contribution is 6.19. The zero-order valence-electron chi connectivity index (χ0n) is 6.65. The Morgan fingerprint density at radius 1 is 1.29 bits per heavy atom. The molecule has 6 heteroatoms. The van der Waals surface area contributed by atoms with Crippen LogP contribution in [0.4, 0.5) is 17.6 Å². The normalized spacial score (nSPS) is 14.1. The summed E-state index contributed by atoms with van der Waals surface area (Å²) in [6, 6.07) is 2.08. The van der Waals surface area contributed by atoms with E-state index in [9.17, 15) is 17.6 Å². The number of hydrogen-bond donors (Lipinski definition) is 1. The lowest BCUT2D eigenvalue weighted by Gasteiger charge is -2.10. The summed E-state index contributed by atoms with van der Waals surface area (Å²) >= 11 is 5.14. The van der Waals surface area contributed by atoms with E-state index in [4.69, 9.17) is 16.7 Å². The van der Waals surface area contributed by atoms with E-state index in [2.05, 4.69) is 0 Å². The van der Waals surface area contributed by atoms with Gasteiger partial charge in [-0.3, -0.25) is 0 Å². The van der Waals surface area contributed by atoms with Gasteiger partial charge in [0.2, 0.25) is 0 Å².